The summed E-state index contributed by atoms with van der Waals surface area (Å²) < 4.78 is 0. The molecule has 0 spiro atoms. The van der Waals surface area contributed by atoms with Gasteiger partial charge in [0.2, 0.25) is 5.91 Å². The van der Waals surface area contributed by atoms with E-state index in [0.29, 0.717) is 6.42 Å². The molecule has 0 aliphatic carbocycles. The monoisotopic (exact) mass is 338 g/mol. The number of aromatic nitrogens is 1. The van der Waals surface area contributed by atoms with Crippen LogP contribution in [0.3, 0.4) is 0 Å². The molecule has 0 bridgehead atoms. The molecule has 2 aromatic rings. The molecular weight excluding hydrogens is 312 g/mol. The van der Waals surface area contributed by atoms with Gasteiger partial charge in [-0.25, -0.2) is 4.98 Å². The largest absolute Gasteiger partial charge is 0.354 e. The summed E-state index contributed by atoms with van der Waals surface area (Å²) in [6.07, 6.45) is 2.97. The molecular formula is C20H26N4O. The first-order valence-electron chi connectivity index (χ1n) is 8.85. The van der Waals surface area contributed by atoms with Crippen molar-refractivity contribution in [1.29, 1.82) is 0 Å². The molecule has 1 aromatic carbocycles. The van der Waals surface area contributed by atoms with Gasteiger partial charge in [0, 0.05) is 32.6 Å². The zero-order valence-electron chi connectivity index (χ0n) is 15.0. The van der Waals surface area contributed by atoms with E-state index >= 15 is 0 Å². The minimum absolute atomic E-state index is 0.0238. The lowest BCUT2D eigenvalue weighted by Crippen LogP contribution is -2.44. The zero-order chi connectivity index (χ0) is 17.6. The molecule has 0 saturated carbocycles. The normalized spacial score (nSPS) is 15.2. The highest BCUT2D eigenvalue weighted by Gasteiger charge is 2.15. The lowest BCUT2D eigenvalue weighted by atomic mass is 10.1. The summed E-state index contributed by atoms with van der Waals surface area (Å²) in [6.45, 7) is 6.16. The van der Waals surface area contributed by atoms with Crippen molar-refractivity contribution in [1.82, 2.24) is 9.88 Å². The lowest BCUT2D eigenvalue weighted by molar-refractivity contribution is -0.116. The second kappa shape index (κ2) is 8.12. The van der Waals surface area contributed by atoms with E-state index in [0.717, 1.165) is 44.1 Å². The number of hydrogen-bond donors (Lipinski definition) is 1. The maximum Gasteiger partial charge on any atom is 0.224 e. The minimum Gasteiger partial charge on any atom is -0.354 e. The average molecular weight is 338 g/mol. The quantitative estimate of drug-likeness (QED) is 0.911. The Kier molecular flexibility index (Phi) is 5.66. The number of nitrogens with one attached hydrogen (secondary N) is 1. The standard InChI is InChI=1S/C20H26N4O/c1-16-4-3-5-17(14-16)6-9-20(25)22-18-7-8-19(21-15-18)24-12-10-23(2)11-13-24/h3-5,7-8,14-15H,6,9-13H2,1-2H3,(H,22,25). The number of amides is 1. The summed E-state index contributed by atoms with van der Waals surface area (Å²) in [5, 5.41) is 2.94. The third-order valence-corrected chi connectivity index (χ3v) is 4.58. The van der Waals surface area contributed by atoms with Gasteiger partial charge in [-0.15, -0.1) is 0 Å². The van der Waals surface area contributed by atoms with Crippen LogP contribution in [-0.4, -0.2) is 49.0 Å². The van der Waals surface area contributed by atoms with Crippen LogP contribution in [0.2, 0.25) is 0 Å². The molecule has 3 rings (SSSR count). The number of likely N-dealkylation sites (N-methyl/N-ethyl adjacent to an activating group) is 1. The fourth-order valence-corrected chi connectivity index (χ4v) is 3.03. The molecule has 0 unspecified atom stereocenters. The summed E-state index contributed by atoms with van der Waals surface area (Å²) in [5.74, 6) is 1.00. The number of hydrogen-bond acceptors (Lipinski definition) is 4. The van der Waals surface area contributed by atoms with Crippen LogP contribution < -0.4 is 10.2 Å². The first-order valence-corrected chi connectivity index (χ1v) is 8.85. The van der Waals surface area contributed by atoms with Gasteiger partial charge < -0.3 is 15.1 Å². The smallest absolute Gasteiger partial charge is 0.224 e. The van der Waals surface area contributed by atoms with Crippen LogP contribution in [0.25, 0.3) is 0 Å². The second-order valence-electron chi connectivity index (χ2n) is 6.73. The van der Waals surface area contributed by atoms with Crippen LogP contribution >= 0.6 is 0 Å². The number of nitrogens with zero attached hydrogens (tertiary/aromatic N) is 3. The second-order valence-corrected chi connectivity index (χ2v) is 6.73. The molecule has 25 heavy (non-hydrogen) atoms. The molecule has 132 valence electrons. The molecule has 5 heteroatoms. The van der Waals surface area contributed by atoms with Gasteiger partial charge in [0.05, 0.1) is 11.9 Å². The third kappa shape index (κ3) is 5.03. The summed E-state index contributed by atoms with van der Waals surface area (Å²) in [5.41, 5.74) is 3.17. The summed E-state index contributed by atoms with van der Waals surface area (Å²) in [7, 11) is 2.14. The molecule has 0 radical (unpaired) electrons. The first-order chi connectivity index (χ1) is 12.1. The molecule has 1 aliphatic rings. The van der Waals surface area contributed by atoms with Crippen LogP contribution in [0.4, 0.5) is 11.5 Å². The zero-order valence-corrected chi connectivity index (χ0v) is 15.0. The number of benzene rings is 1. The van der Waals surface area contributed by atoms with Gasteiger partial charge in [0.15, 0.2) is 0 Å². The molecule has 1 fully saturated rings. The van der Waals surface area contributed by atoms with Crippen molar-refractivity contribution in [2.75, 3.05) is 43.4 Å². The molecule has 2 heterocycles. The van der Waals surface area contributed by atoms with Crippen LogP contribution in [0, 0.1) is 6.92 Å². The highest BCUT2D eigenvalue weighted by Crippen LogP contribution is 2.16. The van der Waals surface area contributed by atoms with Crippen LogP contribution in [0.1, 0.15) is 17.5 Å². The Morgan fingerprint density at radius 3 is 2.64 bits per heavy atom. The van der Waals surface area contributed by atoms with E-state index in [1.165, 1.54) is 11.1 Å². The minimum atomic E-state index is 0.0238. The van der Waals surface area contributed by atoms with Crippen molar-refractivity contribution in [3.63, 3.8) is 0 Å². The van der Waals surface area contributed by atoms with E-state index < -0.39 is 0 Å². The van der Waals surface area contributed by atoms with Crippen molar-refractivity contribution in [3.05, 3.63) is 53.7 Å². The highest BCUT2D eigenvalue weighted by atomic mass is 16.1. The topological polar surface area (TPSA) is 48.5 Å². The van der Waals surface area contributed by atoms with Crippen molar-refractivity contribution in [2.45, 2.75) is 19.8 Å². The van der Waals surface area contributed by atoms with Gasteiger partial charge in [0.25, 0.3) is 0 Å². The predicted molar refractivity (Wildman–Crippen MR) is 102 cm³/mol. The van der Waals surface area contributed by atoms with Gasteiger partial charge in [-0.2, -0.15) is 0 Å². The average Bonchev–Trinajstić information content (AvgIpc) is 2.62. The number of carbonyl (C=O) groups excluding carboxylic acids is 1. The van der Waals surface area contributed by atoms with Crippen LogP contribution in [-0.2, 0) is 11.2 Å². The van der Waals surface area contributed by atoms with Crippen molar-refractivity contribution in [3.8, 4) is 0 Å². The lowest BCUT2D eigenvalue weighted by Gasteiger charge is -2.33. The molecule has 1 aliphatic heterocycles. The fraction of sp³-hybridized carbons (Fsp3) is 0.400. The maximum atomic E-state index is 12.1. The predicted octanol–water partition coefficient (Wildman–Crippen LogP) is 2.71. The number of pyridine rings is 1. The van der Waals surface area contributed by atoms with Crippen LogP contribution in [0.15, 0.2) is 42.6 Å². The van der Waals surface area contributed by atoms with Gasteiger partial charge in [0.1, 0.15) is 5.82 Å². The Labute approximate surface area is 149 Å². The van der Waals surface area contributed by atoms with Gasteiger partial charge in [-0.3, -0.25) is 4.79 Å². The third-order valence-electron chi connectivity index (χ3n) is 4.58. The van der Waals surface area contributed by atoms with E-state index in [1.807, 2.05) is 18.2 Å². The van der Waals surface area contributed by atoms with Gasteiger partial charge in [-0.05, 0) is 38.1 Å². The molecule has 1 saturated heterocycles. The molecule has 1 amide bonds. The number of rotatable bonds is 5. The Balaban J connectivity index is 1.50. The van der Waals surface area contributed by atoms with Crippen molar-refractivity contribution in [2.24, 2.45) is 0 Å². The molecule has 0 atom stereocenters. The highest BCUT2D eigenvalue weighted by molar-refractivity contribution is 5.90. The summed E-state index contributed by atoms with van der Waals surface area (Å²) in [6, 6.07) is 12.2. The van der Waals surface area contributed by atoms with Crippen molar-refractivity contribution >= 4 is 17.4 Å². The number of carbonyl (C=O) groups is 1. The van der Waals surface area contributed by atoms with Crippen LogP contribution in [0.5, 0.6) is 0 Å². The van der Waals surface area contributed by atoms with Gasteiger partial charge in [-0.1, -0.05) is 29.8 Å². The van der Waals surface area contributed by atoms with Crippen molar-refractivity contribution < 1.29 is 4.79 Å². The van der Waals surface area contributed by atoms with E-state index in [9.17, 15) is 4.79 Å². The Bertz CT molecular complexity index is 706. The van der Waals surface area contributed by atoms with E-state index in [4.69, 9.17) is 0 Å². The summed E-state index contributed by atoms with van der Waals surface area (Å²) in [4.78, 5) is 21.2. The summed E-state index contributed by atoms with van der Waals surface area (Å²) >= 11 is 0. The Morgan fingerprint density at radius 2 is 1.96 bits per heavy atom. The number of piperazine rings is 1. The Hall–Kier alpha value is -2.40. The van der Waals surface area contributed by atoms with E-state index in [2.05, 4.69) is 52.3 Å². The SMILES string of the molecule is Cc1cccc(CCC(=O)Nc2ccc(N3CCN(C)CC3)nc2)c1. The number of aryl methyl sites for hydroxylation is 2. The van der Waals surface area contributed by atoms with E-state index in [1.54, 1.807) is 6.20 Å². The maximum absolute atomic E-state index is 12.1. The number of anilines is 2. The first kappa shape index (κ1) is 17.4. The Morgan fingerprint density at radius 1 is 1.16 bits per heavy atom. The molecule has 5 nitrogen and oxygen atoms in total. The van der Waals surface area contributed by atoms with E-state index in [-0.39, 0.29) is 5.91 Å². The molecule has 1 N–H and O–H groups in total. The fourth-order valence-electron chi connectivity index (χ4n) is 3.03. The molecule has 1 aromatic heterocycles. The van der Waals surface area contributed by atoms with Gasteiger partial charge >= 0.3 is 0 Å².